The van der Waals surface area contributed by atoms with Crippen LogP contribution < -0.4 is 5.32 Å². The molecular weight excluding hydrogens is 386 g/mol. The Labute approximate surface area is 173 Å². The zero-order chi connectivity index (χ0) is 21.7. The number of methoxy groups -OCH3 is 1. The van der Waals surface area contributed by atoms with E-state index >= 15 is 0 Å². The van der Waals surface area contributed by atoms with Gasteiger partial charge in [0.15, 0.2) is 6.61 Å². The summed E-state index contributed by atoms with van der Waals surface area (Å²) in [6.45, 7) is 3.27. The predicted molar refractivity (Wildman–Crippen MR) is 110 cm³/mol. The van der Waals surface area contributed by atoms with Gasteiger partial charge in [-0.05, 0) is 38.1 Å². The molecule has 0 unspecified atom stereocenters. The van der Waals surface area contributed by atoms with Crippen LogP contribution in [0.1, 0.15) is 32.0 Å². The number of anilines is 1. The van der Waals surface area contributed by atoms with Gasteiger partial charge in [-0.2, -0.15) is 5.10 Å². The molecule has 0 aliphatic heterocycles. The molecule has 3 rings (SSSR count). The van der Waals surface area contributed by atoms with Crippen molar-refractivity contribution in [2.75, 3.05) is 19.0 Å². The van der Waals surface area contributed by atoms with E-state index < -0.39 is 24.5 Å². The number of rotatable bonds is 6. The molecule has 2 aromatic carbocycles. The first-order chi connectivity index (χ1) is 14.4. The average Bonchev–Trinajstić information content (AvgIpc) is 3.11. The Kier molecular flexibility index (Phi) is 6.26. The molecule has 30 heavy (non-hydrogen) atoms. The number of ether oxygens (including phenoxy) is 2. The van der Waals surface area contributed by atoms with E-state index in [-0.39, 0.29) is 11.1 Å². The number of aromatic nitrogens is 2. The molecule has 0 atom stereocenters. The van der Waals surface area contributed by atoms with E-state index in [9.17, 15) is 14.4 Å². The number of nitrogens with zero attached hydrogens (tertiary/aromatic N) is 2. The Morgan fingerprint density at radius 2 is 1.60 bits per heavy atom. The molecule has 1 N–H and O–H groups in total. The van der Waals surface area contributed by atoms with E-state index in [1.807, 2.05) is 38.1 Å². The van der Waals surface area contributed by atoms with Crippen LogP contribution in [0.5, 0.6) is 0 Å². The third-order valence-electron chi connectivity index (χ3n) is 4.26. The summed E-state index contributed by atoms with van der Waals surface area (Å²) < 4.78 is 11.3. The lowest BCUT2D eigenvalue weighted by molar-refractivity contribution is -0.119. The summed E-state index contributed by atoms with van der Waals surface area (Å²) in [6.07, 6.45) is 0. The normalized spacial score (nSPS) is 10.4. The van der Waals surface area contributed by atoms with Crippen molar-refractivity contribution in [3.05, 3.63) is 77.0 Å². The van der Waals surface area contributed by atoms with Crippen molar-refractivity contribution in [3.8, 4) is 5.69 Å². The second-order valence-corrected chi connectivity index (χ2v) is 6.58. The molecule has 0 aliphatic rings. The minimum Gasteiger partial charge on any atom is -0.465 e. The maximum atomic E-state index is 12.3. The molecule has 1 aromatic heterocycles. The number of carbonyl (C=O) groups is 3. The first-order valence-corrected chi connectivity index (χ1v) is 9.17. The van der Waals surface area contributed by atoms with Gasteiger partial charge in [0.1, 0.15) is 5.82 Å². The fraction of sp³-hybridized carbons (Fsp3) is 0.182. The van der Waals surface area contributed by atoms with E-state index in [2.05, 4.69) is 15.2 Å². The Bertz CT molecular complexity index is 1090. The van der Waals surface area contributed by atoms with E-state index in [4.69, 9.17) is 4.74 Å². The van der Waals surface area contributed by atoms with Crippen LogP contribution in [0.15, 0.2) is 54.6 Å². The first kappa shape index (κ1) is 20.8. The van der Waals surface area contributed by atoms with Gasteiger partial charge in [-0.15, -0.1) is 0 Å². The van der Waals surface area contributed by atoms with Crippen LogP contribution in [0, 0.1) is 13.8 Å². The Morgan fingerprint density at radius 3 is 2.23 bits per heavy atom. The van der Waals surface area contributed by atoms with Crippen LogP contribution in [0.25, 0.3) is 5.69 Å². The van der Waals surface area contributed by atoms with Crippen molar-refractivity contribution in [1.29, 1.82) is 0 Å². The first-order valence-electron chi connectivity index (χ1n) is 9.17. The lowest BCUT2D eigenvalue weighted by Crippen LogP contribution is -2.23. The van der Waals surface area contributed by atoms with Crippen molar-refractivity contribution in [2.24, 2.45) is 0 Å². The molecule has 154 valence electrons. The minimum absolute atomic E-state index is 0.0256. The number of hydrogen-bond acceptors (Lipinski definition) is 6. The molecule has 1 heterocycles. The molecule has 3 aromatic rings. The van der Waals surface area contributed by atoms with Crippen molar-refractivity contribution in [2.45, 2.75) is 13.8 Å². The highest BCUT2D eigenvalue weighted by Gasteiger charge is 2.19. The second kappa shape index (κ2) is 9.04. The maximum Gasteiger partial charge on any atom is 0.339 e. The smallest absolute Gasteiger partial charge is 0.339 e. The molecular formula is C22H21N3O5. The molecule has 0 radical (unpaired) electrons. The van der Waals surface area contributed by atoms with Crippen molar-refractivity contribution in [1.82, 2.24) is 9.78 Å². The number of aryl methyl sites for hydroxylation is 2. The molecule has 8 nitrogen and oxygen atoms in total. The van der Waals surface area contributed by atoms with Crippen LogP contribution >= 0.6 is 0 Å². The van der Waals surface area contributed by atoms with Gasteiger partial charge < -0.3 is 14.8 Å². The van der Waals surface area contributed by atoms with Gasteiger partial charge in [0.25, 0.3) is 5.91 Å². The highest BCUT2D eigenvalue weighted by molar-refractivity contribution is 6.04. The van der Waals surface area contributed by atoms with Gasteiger partial charge in [-0.25, -0.2) is 14.3 Å². The lowest BCUT2D eigenvalue weighted by Gasteiger charge is -2.10. The summed E-state index contributed by atoms with van der Waals surface area (Å²) >= 11 is 0. The third kappa shape index (κ3) is 4.72. The molecule has 0 fully saturated rings. The Hall–Kier alpha value is -3.94. The molecule has 0 saturated carbocycles. The lowest BCUT2D eigenvalue weighted by atomic mass is 10.1. The Balaban J connectivity index is 1.68. The summed E-state index contributed by atoms with van der Waals surface area (Å²) in [6, 6.07) is 15.5. The number of nitrogens with one attached hydrogen (secondary N) is 1. The van der Waals surface area contributed by atoms with E-state index in [1.54, 1.807) is 22.9 Å². The maximum absolute atomic E-state index is 12.3. The van der Waals surface area contributed by atoms with E-state index in [1.165, 1.54) is 19.2 Å². The van der Waals surface area contributed by atoms with Crippen molar-refractivity contribution >= 4 is 23.7 Å². The van der Waals surface area contributed by atoms with Crippen molar-refractivity contribution < 1.29 is 23.9 Å². The summed E-state index contributed by atoms with van der Waals surface area (Å²) in [4.78, 5) is 36.5. The number of benzene rings is 2. The monoisotopic (exact) mass is 407 g/mol. The number of amides is 1. The van der Waals surface area contributed by atoms with E-state index in [0.717, 1.165) is 16.9 Å². The summed E-state index contributed by atoms with van der Waals surface area (Å²) in [5.74, 6) is -1.54. The summed E-state index contributed by atoms with van der Waals surface area (Å²) in [7, 11) is 1.22. The molecule has 0 bridgehead atoms. The highest BCUT2D eigenvalue weighted by atomic mass is 16.5. The number of hydrogen-bond donors (Lipinski definition) is 1. The van der Waals surface area contributed by atoms with Gasteiger partial charge in [0.2, 0.25) is 0 Å². The van der Waals surface area contributed by atoms with Crippen LogP contribution in [0.2, 0.25) is 0 Å². The highest BCUT2D eigenvalue weighted by Crippen LogP contribution is 2.18. The topological polar surface area (TPSA) is 99.5 Å². The zero-order valence-corrected chi connectivity index (χ0v) is 16.8. The molecule has 1 amide bonds. The standard InChI is InChI=1S/C22H21N3O5/c1-14-8-10-16(11-9-14)25-19(12-15(2)24-25)23-20(26)13-30-22(28)18-7-5-4-6-17(18)21(27)29-3/h4-12H,13H2,1-3H3,(H,23,26). The SMILES string of the molecule is COC(=O)c1ccccc1C(=O)OCC(=O)Nc1cc(C)nn1-c1ccc(C)cc1. The zero-order valence-electron chi connectivity index (χ0n) is 16.8. The molecule has 8 heteroatoms. The summed E-state index contributed by atoms with van der Waals surface area (Å²) in [5.41, 5.74) is 2.70. The minimum atomic E-state index is -0.797. The molecule has 0 aliphatic carbocycles. The van der Waals surface area contributed by atoms with Gasteiger partial charge >= 0.3 is 11.9 Å². The quantitative estimate of drug-likeness (QED) is 0.631. The molecule has 0 spiro atoms. The van der Waals surface area contributed by atoms with Gasteiger partial charge in [0.05, 0.1) is 29.6 Å². The average molecular weight is 407 g/mol. The second-order valence-electron chi connectivity index (χ2n) is 6.58. The van der Waals surface area contributed by atoms with Crippen LogP contribution in [0.3, 0.4) is 0 Å². The predicted octanol–water partition coefficient (Wildman–Crippen LogP) is 3.07. The summed E-state index contributed by atoms with van der Waals surface area (Å²) in [5, 5.41) is 7.08. The van der Waals surface area contributed by atoms with Crippen LogP contribution in [0.4, 0.5) is 5.82 Å². The largest absolute Gasteiger partial charge is 0.465 e. The molecule has 0 saturated heterocycles. The van der Waals surface area contributed by atoms with Crippen LogP contribution in [-0.4, -0.2) is 41.3 Å². The number of esters is 2. The van der Waals surface area contributed by atoms with Crippen LogP contribution in [-0.2, 0) is 14.3 Å². The third-order valence-corrected chi connectivity index (χ3v) is 4.26. The van der Waals surface area contributed by atoms with Gasteiger partial charge in [0, 0.05) is 6.07 Å². The fourth-order valence-corrected chi connectivity index (χ4v) is 2.81. The Morgan fingerprint density at radius 1 is 0.967 bits per heavy atom. The fourth-order valence-electron chi connectivity index (χ4n) is 2.81. The van der Waals surface area contributed by atoms with Gasteiger partial charge in [-0.1, -0.05) is 29.8 Å². The van der Waals surface area contributed by atoms with Crippen molar-refractivity contribution in [3.63, 3.8) is 0 Å². The van der Waals surface area contributed by atoms with E-state index in [0.29, 0.717) is 5.82 Å². The number of carbonyl (C=O) groups excluding carboxylic acids is 3. The van der Waals surface area contributed by atoms with Gasteiger partial charge in [-0.3, -0.25) is 4.79 Å².